The zero-order chi connectivity index (χ0) is 11.7. The second-order valence-electron chi connectivity index (χ2n) is 4.65. The molecule has 3 nitrogen and oxygen atoms in total. The number of halogens is 1. The van der Waals surface area contributed by atoms with Crippen molar-refractivity contribution in [1.82, 2.24) is 9.78 Å². The number of aliphatic hydroxyl groups excluding tert-OH is 1. The number of rotatable bonds is 4. The van der Waals surface area contributed by atoms with Crippen LogP contribution in [0.5, 0.6) is 0 Å². The van der Waals surface area contributed by atoms with E-state index in [0.717, 1.165) is 35.7 Å². The highest BCUT2D eigenvalue weighted by molar-refractivity contribution is 6.31. The molecule has 1 atom stereocenters. The van der Waals surface area contributed by atoms with Crippen LogP contribution in [0, 0.1) is 5.92 Å². The number of aliphatic hydroxyl groups is 1. The monoisotopic (exact) mass is 242 g/mol. The van der Waals surface area contributed by atoms with Crippen molar-refractivity contribution in [2.75, 3.05) is 0 Å². The van der Waals surface area contributed by atoms with Crippen LogP contribution in [0.1, 0.15) is 37.6 Å². The topological polar surface area (TPSA) is 38.0 Å². The summed E-state index contributed by atoms with van der Waals surface area (Å²) < 4.78 is 1.81. The first-order valence-electron chi connectivity index (χ1n) is 6.01. The molecule has 0 aromatic carbocycles. The van der Waals surface area contributed by atoms with Gasteiger partial charge in [-0.2, -0.15) is 5.10 Å². The van der Waals surface area contributed by atoms with E-state index in [1.165, 1.54) is 6.42 Å². The fourth-order valence-electron chi connectivity index (χ4n) is 2.23. The molecule has 1 aliphatic carbocycles. The van der Waals surface area contributed by atoms with Gasteiger partial charge in [0.2, 0.25) is 0 Å². The van der Waals surface area contributed by atoms with E-state index in [-0.39, 0.29) is 6.10 Å². The molecule has 1 unspecified atom stereocenters. The Labute approximate surface area is 101 Å². The fraction of sp³-hybridized carbons (Fsp3) is 0.750. The van der Waals surface area contributed by atoms with E-state index in [2.05, 4.69) is 5.10 Å². The highest BCUT2D eigenvalue weighted by atomic mass is 35.5. The van der Waals surface area contributed by atoms with Gasteiger partial charge >= 0.3 is 0 Å². The van der Waals surface area contributed by atoms with Gasteiger partial charge in [0.15, 0.2) is 0 Å². The van der Waals surface area contributed by atoms with Crippen molar-refractivity contribution in [3.63, 3.8) is 0 Å². The van der Waals surface area contributed by atoms with Crippen molar-refractivity contribution in [1.29, 1.82) is 0 Å². The van der Waals surface area contributed by atoms with Gasteiger partial charge in [-0.05, 0) is 25.2 Å². The van der Waals surface area contributed by atoms with Gasteiger partial charge in [0.1, 0.15) is 0 Å². The maximum atomic E-state index is 10.1. The van der Waals surface area contributed by atoms with Crippen molar-refractivity contribution in [2.45, 2.75) is 45.1 Å². The number of hydrogen-bond donors (Lipinski definition) is 1. The molecule has 1 aromatic heterocycles. The first-order valence-corrected chi connectivity index (χ1v) is 6.39. The standard InChI is InChI=1S/C12H19ClN2O/c1-3-9-12(13)10(15(2)14-9)7-11(16)8-5-4-6-8/h8,11,16H,3-7H2,1-2H3. The minimum Gasteiger partial charge on any atom is -0.392 e. The Morgan fingerprint density at radius 3 is 2.69 bits per heavy atom. The van der Waals surface area contributed by atoms with E-state index in [4.69, 9.17) is 11.6 Å². The van der Waals surface area contributed by atoms with Crippen LogP contribution in [0.25, 0.3) is 0 Å². The van der Waals surface area contributed by atoms with Crippen LogP contribution in [-0.2, 0) is 19.9 Å². The summed E-state index contributed by atoms with van der Waals surface area (Å²) in [6.45, 7) is 2.04. The lowest BCUT2D eigenvalue weighted by atomic mass is 9.80. The molecule has 16 heavy (non-hydrogen) atoms. The minimum absolute atomic E-state index is 0.258. The third-order valence-corrected chi connectivity index (χ3v) is 4.04. The van der Waals surface area contributed by atoms with Gasteiger partial charge in [-0.3, -0.25) is 4.68 Å². The van der Waals surface area contributed by atoms with Gasteiger partial charge in [-0.15, -0.1) is 0 Å². The Kier molecular flexibility index (Phi) is 3.55. The second kappa shape index (κ2) is 4.76. The van der Waals surface area contributed by atoms with Gasteiger partial charge in [-0.1, -0.05) is 24.9 Å². The predicted molar refractivity (Wildman–Crippen MR) is 64.6 cm³/mol. The highest BCUT2D eigenvalue weighted by Gasteiger charge is 2.27. The number of hydrogen-bond acceptors (Lipinski definition) is 2. The average Bonchev–Trinajstić information content (AvgIpc) is 2.42. The SMILES string of the molecule is CCc1nn(C)c(CC(O)C2CCC2)c1Cl. The van der Waals surface area contributed by atoms with Crippen molar-refractivity contribution >= 4 is 11.6 Å². The molecule has 0 saturated heterocycles. The Morgan fingerprint density at radius 1 is 1.56 bits per heavy atom. The van der Waals surface area contributed by atoms with Gasteiger partial charge in [0, 0.05) is 13.5 Å². The van der Waals surface area contributed by atoms with E-state index < -0.39 is 0 Å². The van der Waals surface area contributed by atoms with Crippen LogP contribution in [0.4, 0.5) is 0 Å². The fourth-order valence-corrected chi connectivity index (χ4v) is 2.60. The van der Waals surface area contributed by atoms with E-state index in [9.17, 15) is 5.11 Å². The third kappa shape index (κ3) is 2.11. The Balaban J connectivity index is 2.10. The summed E-state index contributed by atoms with van der Waals surface area (Å²) in [4.78, 5) is 0. The quantitative estimate of drug-likeness (QED) is 0.880. The number of aromatic nitrogens is 2. The molecule has 0 radical (unpaired) electrons. The summed E-state index contributed by atoms with van der Waals surface area (Å²) in [5, 5.41) is 15.2. The number of nitrogens with zero attached hydrogens (tertiary/aromatic N) is 2. The molecule has 1 heterocycles. The molecule has 0 spiro atoms. The van der Waals surface area contributed by atoms with Crippen molar-refractivity contribution < 1.29 is 5.11 Å². The molecule has 4 heteroatoms. The van der Waals surface area contributed by atoms with Crippen molar-refractivity contribution in [3.8, 4) is 0 Å². The summed E-state index contributed by atoms with van der Waals surface area (Å²) in [7, 11) is 1.90. The van der Waals surface area contributed by atoms with Gasteiger partial charge in [0.05, 0.1) is 22.5 Å². The maximum absolute atomic E-state index is 10.1. The molecular weight excluding hydrogens is 224 g/mol. The van der Waals surface area contributed by atoms with Crippen molar-refractivity contribution in [2.24, 2.45) is 13.0 Å². The van der Waals surface area contributed by atoms with Crippen LogP contribution in [-0.4, -0.2) is 21.0 Å². The van der Waals surface area contributed by atoms with E-state index in [1.807, 2.05) is 18.7 Å². The lowest BCUT2D eigenvalue weighted by Crippen LogP contribution is -2.29. The summed E-state index contributed by atoms with van der Waals surface area (Å²) >= 11 is 6.25. The molecule has 2 rings (SSSR count). The molecule has 0 bridgehead atoms. The predicted octanol–water partition coefficient (Wildman–Crippen LogP) is 2.34. The van der Waals surface area contributed by atoms with E-state index >= 15 is 0 Å². The summed E-state index contributed by atoms with van der Waals surface area (Å²) in [5.74, 6) is 0.469. The van der Waals surface area contributed by atoms with Crippen molar-refractivity contribution in [3.05, 3.63) is 16.4 Å². The first kappa shape index (κ1) is 11.9. The largest absolute Gasteiger partial charge is 0.392 e. The summed E-state index contributed by atoms with van der Waals surface area (Å²) in [6, 6.07) is 0. The molecule has 1 aromatic rings. The second-order valence-corrected chi connectivity index (χ2v) is 5.02. The zero-order valence-electron chi connectivity index (χ0n) is 9.91. The van der Waals surface area contributed by atoms with Crippen LogP contribution >= 0.6 is 11.6 Å². The minimum atomic E-state index is -0.258. The Bertz CT molecular complexity index is 371. The van der Waals surface area contributed by atoms with E-state index in [1.54, 1.807) is 0 Å². The molecular formula is C12H19ClN2O. The lowest BCUT2D eigenvalue weighted by molar-refractivity contribution is 0.0615. The lowest BCUT2D eigenvalue weighted by Gasteiger charge is -2.30. The average molecular weight is 243 g/mol. The summed E-state index contributed by atoms with van der Waals surface area (Å²) in [6.07, 6.45) is 4.76. The van der Waals surface area contributed by atoms with Gasteiger partial charge in [-0.25, -0.2) is 0 Å². The Hall–Kier alpha value is -0.540. The molecule has 1 fully saturated rings. The summed E-state index contributed by atoms with van der Waals surface area (Å²) in [5.41, 5.74) is 1.90. The normalized spacial score (nSPS) is 18.5. The number of aryl methyl sites for hydroxylation is 2. The molecule has 0 amide bonds. The first-order chi connectivity index (χ1) is 7.63. The molecule has 1 aliphatic rings. The van der Waals surface area contributed by atoms with Crippen LogP contribution in [0.15, 0.2) is 0 Å². The Morgan fingerprint density at radius 2 is 2.25 bits per heavy atom. The molecule has 1 N–H and O–H groups in total. The molecule has 1 saturated carbocycles. The van der Waals surface area contributed by atoms with Gasteiger partial charge in [0.25, 0.3) is 0 Å². The highest BCUT2D eigenvalue weighted by Crippen LogP contribution is 2.32. The smallest absolute Gasteiger partial charge is 0.0850 e. The van der Waals surface area contributed by atoms with Crippen LogP contribution in [0.3, 0.4) is 0 Å². The van der Waals surface area contributed by atoms with Gasteiger partial charge < -0.3 is 5.11 Å². The maximum Gasteiger partial charge on any atom is 0.0850 e. The molecule has 0 aliphatic heterocycles. The van der Waals surface area contributed by atoms with Crippen LogP contribution in [0.2, 0.25) is 5.02 Å². The van der Waals surface area contributed by atoms with E-state index in [0.29, 0.717) is 12.3 Å². The van der Waals surface area contributed by atoms with Crippen LogP contribution < -0.4 is 0 Å². The molecule has 90 valence electrons. The zero-order valence-corrected chi connectivity index (χ0v) is 10.7. The third-order valence-electron chi connectivity index (χ3n) is 3.60.